The van der Waals surface area contributed by atoms with Crippen LogP contribution in [0.2, 0.25) is 0 Å². The molecule has 5 rings (SSSR count). The van der Waals surface area contributed by atoms with Crippen molar-refractivity contribution in [3.05, 3.63) is 65.7 Å². The Morgan fingerprint density at radius 1 is 0.528 bits per heavy atom. The molecular formula is C33H40O3. The van der Waals surface area contributed by atoms with Gasteiger partial charge >= 0.3 is 0 Å². The maximum atomic E-state index is 6.14. The molecule has 0 bridgehead atoms. The zero-order valence-electron chi connectivity index (χ0n) is 22.1. The molecule has 0 N–H and O–H groups in total. The molecule has 0 amide bonds. The summed E-state index contributed by atoms with van der Waals surface area (Å²) >= 11 is 0. The molecule has 2 saturated carbocycles. The summed E-state index contributed by atoms with van der Waals surface area (Å²) in [6, 6.07) is 19.6. The first-order valence-electron chi connectivity index (χ1n) is 13.8. The van der Waals surface area contributed by atoms with Gasteiger partial charge in [0.05, 0.1) is 32.5 Å². The monoisotopic (exact) mass is 484 g/mol. The van der Waals surface area contributed by atoms with Gasteiger partial charge < -0.3 is 14.2 Å². The third-order valence-electron chi connectivity index (χ3n) is 8.38. The summed E-state index contributed by atoms with van der Waals surface area (Å²) in [6.45, 7) is 0. The third kappa shape index (κ3) is 4.85. The minimum Gasteiger partial charge on any atom is -0.496 e. The van der Waals surface area contributed by atoms with Crippen molar-refractivity contribution < 1.29 is 14.2 Å². The van der Waals surface area contributed by atoms with Crippen LogP contribution in [-0.4, -0.2) is 21.3 Å². The van der Waals surface area contributed by atoms with E-state index in [4.69, 9.17) is 14.2 Å². The first kappa shape index (κ1) is 24.7. The Morgan fingerprint density at radius 2 is 1.08 bits per heavy atom. The minimum atomic E-state index is 0.652. The van der Waals surface area contributed by atoms with Gasteiger partial charge in [-0.25, -0.2) is 0 Å². The van der Waals surface area contributed by atoms with Crippen molar-refractivity contribution in [3.63, 3.8) is 0 Å². The van der Waals surface area contributed by atoms with Crippen LogP contribution >= 0.6 is 0 Å². The molecule has 0 aliphatic heterocycles. The highest BCUT2D eigenvalue weighted by Crippen LogP contribution is 2.51. The van der Waals surface area contributed by atoms with Gasteiger partial charge in [0.15, 0.2) is 0 Å². The summed E-state index contributed by atoms with van der Waals surface area (Å²) in [5, 5.41) is 0. The van der Waals surface area contributed by atoms with E-state index in [9.17, 15) is 0 Å². The Kier molecular flexibility index (Phi) is 7.84. The standard InChI is InChI=1S/C33H40O3/c1-34-29-22-30(35-2)32(33(36-3)31(29)25-17-11-6-12-18-25)26-19-20-27(23-13-7-4-8-14-23)28(21-26)24-15-9-5-10-16-24/h6,11-12,17-24H,4-5,7-10,13-16H2,1-3H3. The van der Waals surface area contributed by atoms with Crippen LogP contribution in [0.4, 0.5) is 0 Å². The lowest BCUT2D eigenvalue weighted by Crippen LogP contribution is -2.12. The predicted octanol–water partition coefficient (Wildman–Crippen LogP) is 9.14. The van der Waals surface area contributed by atoms with Crippen molar-refractivity contribution in [2.24, 2.45) is 0 Å². The van der Waals surface area contributed by atoms with Crippen molar-refractivity contribution in [2.45, 2.75) is 76.0 Å². The fourth-order valence-corrected chi connectivity index (χ4v) is 6.57. The highest BCUT2D eigenvalue weighted by Gasteiger charge is 2.27. The molecule has 0 aromatic heterocycles. The lowest BCUT2D eigenvalue weighted by Gasteiger charge is -2.30. The van der Waals surface area contributed by atoms with E-state index in [0.717, 1.165) is 33.9 Å². The van der Waals surface area contributed by atoms with Crippen LogP contribution in [0.25, 0.3) is 22.3 Å². The quantitative estimate of drug-likeness (QED) is 0.335. The SMILES string of the molecule is COc1cc(OC)c(-c2ccc(C3CCCCC3)c(C3CCCCC3)c2)c(OC)c1-c1ccccc1. The zero-order valence-corrected chi connectivity index (χ0v) is 22.1. The summed E-state index contributed by atoms with van der Waals surface area (Å²) in [4.78, 5) is 0. The fourth-order valence-electron chi connectivity index (χ4n) is 6.57. The van der Waals surface area contributed by atoms with Gasteiger partial charge in [0.1, 0.15) is 17.2 Å². The van der Waals surface area contributed by atoms with Crippen LogP contribution in [0.1, 0.15) is 87.2 Å². The van der Waals surface area contributed by atoms with Gasteiger partial charge in [-0.1, -0.05) is 87.1 Å². The Balaban J connectivity index is 1.70. The molecule has 190 valence electrons. The molecule has 3 nitrogen and oxygen atoms in total. The third-order valence-corrected chi connectivity index (χ3v) is 8.38. The van der Waals surface area contributed by atoms with E-state index < -0.39 is 0 Å². The number of hydrogen-bond acceptors (Lipinski definition) is 3. The smallest absolute Gasteiger partial charge is 0.141 e. The molecule has 0 unspecified atom stereocenters. The fraction of sp³-hybridized carbons (Fsp3) is 0.455. The van der Waals surface area contributed by atoms with E-state index in [1.807, 2.05) is 12.1 Å². The molecule has 0 atom stereocenters. The number of benzene rings is 3. The molecule has 0 heterocycles. The number of methoxy groups -OCH3 is 3. The molecule has 3 aromatic carbocycles. The maximum absolute atomic E-state index is 6.14. The van der Waals surface area contributed by atoms with Crippen LogP contribution in [-0.2, 0) is 0 Å². The molecule has 2 aliphatic rings. The second-order valence-corrected chi connectivity index (χ2v) is 10.4. The molecule has 3 heteroatoms. The molecule has 2 fully saturated rings. The van der Waals surface area contributed by atoms with E-state index in [2.05, 4.69) is 42.5 Å². The first-order chi connectivity index (χ1) is 17.7. The van der Waals surface area contributed by atoms with Gasteiger partial charge in [-0.15, -0.1) is 0 Å². The van der Waals surface area contributed by atoms with Crippen LogP contribution in [0.5, 0.6) is 17.2 Å². The topological polar surface area (TPSA) is 27.7 Å². The Morgan fingerprint density at radius 3 is 1.64 bits per heavy atom. The molecule has 0 spiro atoms. The molecule has 36 heavy (non-hydrogen) atoms. The summed E-state index contributed by atoms with van der Waals surface area (Å²) < 4.78 is 17.9. The van der Waals surface area contributed by atoms with Crippen molar-refractivity contribution in [3.8, 4) is 39.5 Å². The second-order valence-electron chi connectivity index (χ2n) is 10.4. The van der Waals surface area contributed by atoms with Crippen LogP contribution in [0.3, 0.4) is 0 Å². The van der Waals surface area contributed by atoms with E-state index in [-0.39, 0.29) is 0 Å². The number of hydrogen-bond donors (Lipinski definition) is 0. The Labute approximate surface area is 216 Å². The van der Waals surface area contributed by atoms with Gasteiger partial charge in [0.2, 0.25) is 0 Å². The van der Waals surface area contributed by atoms with Gasteiger partial charge in [0.25, 0.3) is 0 Å². The van der Waals surface area contributed by atoms with Crippen LogP contribution < -0.4 is 14.2 Å². The van der Waals surface area contributed by atoms with Crippen molar-refractivity contribution >= 4 is 0 Å². The van der Waals surface area contributed by atoms with E-state index in [1.165, 1.54) is 69.8 Å². The van der Waals surface area contributed by atoms with E-state index >= 15 is 0 Å². The number of rotatable bonds is 7. The Bertz CT molecular complexity index is 1160. The predicted molar refractivity (Wildman–Crippen MR) is 149 cm³/mol. The zero-order chi connectivity index (χ0) is 24.9. The van der Waals surface area contributed by atoms with Gasteiger partial charge in [-0.2, -0.15) is 0 Å². The summed E-state index contributed by atoms with van der Waals surface area (Å²) in [5.74, 6) is 3.69. The van der Waals surface area contributed by atoms with E-state index in [0.29, 0.717) is 11.8 Å². The lowest BCUT2D eigenvalue weighted by molar-refractivity contribution is 0.380. The normalized spacial score (nSPS) is 17.1. The highest BCUT2D eigenvalue weighted by molar-refractivity contribution is 5.90. The molecular weight excluding hydrogens is 444 g/mol. The number of ether oxygens (including phenoxy) is 3. The van der Waals surface area contributed by atoms with Crippen molar-refractivity contribution in [1.29, 1.82) is 0 Å². The molecule has 0 saturated heterocycles. The molecule has 0 radical (unpaired) electrons. The second kappa shape index (κ2) is 11.4. The highest BCUT2D eigenvalue weighted by atomic mass is 16.5. The van der Waals surface area contributed by atoms with Crippen LogP contribution in [0.15, 0.2) is 54.6 Å². The minimum absolute atomic E-state index is 0.652. The van der Waals surface area contributed by atoms with Crippen LogP contribution in [0, 0.1) is 0 Å². The van der Waals surface area contributed by atoms with Gasteiger partial charge in [0, 0.05) is 6.07 Å². The average Bonchev–Trinajstić information content (AvgIpc) is 2.97. The van der Waals surface area contributed by atoms with Crippen molar-refractivity contribution in [2.75, 3.05) is 21.3 Å². The molecule has 2 aliphatic carbocycles. The molecule has 3 aromatic rings. The lowest BCUT2D eigenvalue weighted by atomic mass is 9.75. The largest absolute Gasteiger partial charge is 0.496 e. The van der Waals surface area contributed by atoms with Gasteiger partial charge in [-0.05, 0) is 59.8 Å². The summed E-state index contributed by atoms with van der Waals surface area (Å²) in [7, 11) is 5.20. The van der Waals surface area contributed by atoms with Gasteiger partial charge in [-0.3, -0.25) is 0 Å². The van der Waals surface area contributed by atoms with E-state index in [1.54, 1.807) is 32.5 Å². The summed E-state index contributed by atoms with van der Waals surface area (Å²) in [5.41, 5.74) is 7.38. The Hall–Kier alpha value is -2.94. The summed E-state index contributed by atoms with van der Waals surface area (Å²) in [6.07, 6.45) is 13.4. The average molecular weight is 485 g/mol. The maximum Gasteiger partial charge on any atom is 0.141 e. The van der Waals surface area contributed by atoms with Crippen molar-refractivity contribution in [1.82, 2.24) is 0 Å². The first-order valence-corrected chi connectivity index (χ1v) is 13.8.